The number of aliphatic hydroxyl groups excluding tert-OH is 1. The van der Waals surface area contributed by atoms with E-state index in [0.29, 0.717) is 41.0 Å². The minimum Gasteiger partial charge on any atom is -0.432 e. The number of fused-ring (bicyclic) bond motifs is 3. The molecule has 0 radical (unpaired) electrons. The van der Waals surface area contributed by atoms with Crippen LogP contribution in [0.4, 0.5) is 5.69 Å². The molecule has 252 valence electrons. The van der Waals surface area contributed by atoms with E-state index in [1.165, 1.54) is 4.68 Å². The average Bonchev–Trinajstić information content (AvgIpc) is 3.75. The molecule has 1 amide bonds. The van der Waals surface area contributed by atoms with E-state index in [4.69, 9.17) is 4.74 Å². The molecule has 7 rings (SSSR count). The maximum absolute atomic E-state index is 14.6. The maximum atomic E-state index is 14.6. The zero-order chi connectivity index (χ0) is 34.5. The number of aliphatic hydroxyl groups is 1. The van der Waals surface area contributed by atoms with E-state index in [1.807, 2.05) is 86.9 Å². The molecule has 1 saturated heterocycles. The molecule has 1 spiro atoms. The predicted octanol–water partition coefficient (Wildman–Crippen LogP) is 4.52. The van der Waals surface area contributed by atoms with Crippen molar-refractivity contribution in [3.63, 3.8) is 0 Å². The van der Waals surface area contributed by atoms with Crippen LogP contribution in [-0.4, -0.2) is 68.2 Å². The fraction of sp³-hybridized carbons (Fsp3) is 0.324. The Bertz CT molecular complexity index is 2090. The van der Waals surface area contributed by atoms with Gasteiger partial charge in [0.15, 0.2) is 13.9 Å². The van der Waals surface area contributed by atoms with Gasteiger partial charge in [0, 0.05) is 41.7 Å². The second kappa shape index (κ2) is 12.6. The van der Waals surface area contributed by atoms with Crippen molar-refractivity contribution < 1.29 is 19.4 Å². The summed E-state index contributed by atoms with van der Waals surface area (Å²) in [6.07, 6.45) is 5.18. The third kappa shape index (κ3) is 5.44. The van der Waals surface area contributed by atoms with Gasteiger partial charge in [-0.1, -0.05) is 66.7 Å². The number of hydrogen-bond donors (Lipinski definition) is 2. The zero-order valence-corrected chi connectivity index (χ0v) is 28.8. The summed E-state index contributed by atoms with van der Waals surface area (Å²) in [7, 11) is -2.91. The quantitative estimate of drug-likeness (QED) is 0.163. The summed E-state index contributed by atoms with van der Waals surface area (Å²) in [4.78, 5) is 41.5. The Labute approximate surface area is 285 Å². The van der Waals surface area contributed by atoms with Gasteiger partial charge in [0.05, 0.1) is 47.3 Å². The highest BCUT2D eigenvalue weighted by Gasteiger charge is 2.66. The highest BCUT2D eigenvalue weighted by molar-refractivity contribution is 6.71. The number of aromatic nitrogens is 5. The van der Waals surface area contributed by atoms with Crippen LogP contribution >= 0.6 is 0 Å². The third-order valence-corrected chi connectivity index (χ3v) is 12.7. The largest absolute Gasteiger partial charge is 0.432 e. The summed E-state index contributed by atoms with van der Waals surface area (Å²) >= 11 is 0. The van der Waals surface area contributed by atoms with Gasteiger partial charge in [-0.3, -0.25) is 14.3 Å². The second-order valence-corrected chi connectivity index (χ2v) is 17.5. The van der Waals surface area contributed by atoms with Gasteiger partial charge in [-0.05, 0) is 49.3 Å². The first-order valence-electron chi connectivity index (χ1n) is 16.6. The maximum Gasteiger partial charge on any atom is 0.279 e. The average molecular weight is 677 g/mol. The molecule has 4 heterocycles. The SMILES string of the molecule is C=CCN1C(=O)[C@@]2(O[C@@H](CCn3cc(C(CO)c4ccccc4)nn3)[C@H]([Si](C)(C)O)[C@H]2C)c2cc(-n3ncc4ccccc4c3=O)ccc21. The summed E-state index contributed by atoms with van der Waals surface area (Å²) in [6, 6.07) is 22.5. The van der Waals surface area contributed by atoms with E-state index < -0.39 is 20.0 Å². The first-order chi connectivity index (χ1) is 23.6. The van der Waals surface area contributed by atoms with Gasteiger partial charge >= 0.3 is 0 Å². The summed E-state index contributed by atoms with van der Waals surface area (Å²) in [6.45, 7) is 10.3. The van der Waals surface area contributed by atoms with Crippen LogP contribution < -0.4 is 10.5 Å². The lowest BCUT2D eigenvalue weighted by atomic mass is 9.82. The van der Waals surface area contributed by atoms with Gasteiger partial charge in [0.1, 0.15) is 0 Å². The Morgan fingerprint density at radius 2 is 1.84 bits per heavy atom. The Morgan fingerprint density at radius 1 is 1.08 bits per heavy atom. The van der Waals surface area contributed by atoms with Crippen molar-refractivity contribution in [2.75, 3.05) is 18.1 Å². The summed E-state index contributed by atoms with van der Waals surface area (Å²) in [5.41, 5.74) is 1.51. The van der Waals surface area contributed by atoms with Crippen LogP contribution in [0.25, 0.3) is 16.5 Å². The second-order valence-electron chi connectivity index (χ2n) is 13.6. The lowest BCUT2D eigenvalue weighted by Crippen LogP contribution is -2.46. The molecule has 0 aliphatic carbocycles. The lowest BCUT2D eigenvalue weighted by molar-refractivity contribution is -0.145. The Morgan fingerprint density at radius 3 is 2.57 bits per heavy atom. The number of nitrogens with zero attached hydrogens (tertiary/aromatic N) is 6. The highest BCUT2D eigenvalue weighted by atomic mass is 28.4. The van der Waals surface area contributed by atoms with Crippen LogP contribution in [0.3, 0.4) is 0 Å². The third-order valence-electron chi connectivity index (χ3n) is 10.2. The van der Waals surface area contributed by atoms with Crippen LogP contribution in [0, 0.1) is 5.92 Å². The molecule has 2 aliphatic rings. The highest BCUT2D eigenvalue weighted by Crippen LogP contribution is 2.59. The van der Waals surface area contributed by atoms with Crippen molar-refractivity contribution in [2.45, 2.75) is 56.1 Å². The summed E-state index contributed by atoms with van der Waals surface area (Å²) < 4.78 is 10.1. The van der Waals surface area contributed by atoms with E-state index in [0.717, 1.165) is 10.9 Å². The molecular weight excluding hydrogens is 637 g/mol. The predicted molar refractivity (Wildman–Crippen MR) is 189 cm³/mol. The van der Waals surface area contributed by atoms with Crippen molar-refractivity contribution >= 4 is 30.7 Å². The summed E-state index contributed by atoms with van der Waals surface area (Å²) in [5, 5.41) is 24.6. The Hall–Kier alpha value is -4.75. The van der Waals surface area contributed by atoms with Gasteiger partial charge in [0.25, 0.3) is 11.5 Å². The molecule has 5 aromatic rings. The number of ether oxygens (including phenoxy) is 1. The molecule has 12 heteroatoms. The molecule has 0 saturated carbocycles. The molecular formula is C37H40N6O5Si. The van der Waals surface area contributed by atoms with Crippen LogP contribution in [0.2, 0.25) is 18.6 Å². The van der Waals surface area contributed by atoms with Gasteiger partial charge in [-0.2, -0.15) is 9.78 Å². The minimum atomic E-state index is -2.91. The van der Waals surface area contributed by atoms with E-state index in [1.54, 1.807) is 34.0 Å². The van der Waals surface area contributed by atoms with Crippen LogP contribution in [0.15, 0.2) is 103 Å². The number of aryl methyl sites for hydroxylation is 1. The first kappa shape index (κ1) is 32.8. The fourth-order valence-corrected chi connectivity index (χ4v) is 10.6. The van der Waals surface area contributed by atoms with Crippen molar-refractivity contribution in [3.8, 4) is 5.69 Å². The van der Waals surface area contributed by atoms with Crippen molar-refractivity contribution in [1.82, 2.24) is 24.8 Å². The van der Waals surface area contributed by atoms with E-state index in [-0.39, 0.29) is 42.0 Å². The number of hydrogen-bond acceptors (Lipinski definition) is 8. The van der Waals surface area contributed by atoms with Crippen LogP contribution in [0.5, 0.6) is 0 Å². The smallest absolute Gasteiger partial charge is 0.279 e. The normalized spacial score (nSPS) is 22.6. The van der Waals surface area contributed by atoms with Gasteiger partial charge in [-0.15, -0.1) is 11.7 Å². The van der Waals surface area contributed by atoms with Crippen molar-refractivity contribution in [3.05, 3.63) is 125 Å². The van der Waals surface area contributed by atoms with Crippen molar-refractivity contribution in [2.24, 2.45) is 5.92 Å². The zero-order valence-electron chi connectivity index (χ0n) is 27.8. The fourth-order valence-electron chi connectivity index (χ4n) is 7.95. The molecule has 3 aromatic carbocycles. The number of benzene rings is 3. The molecule has 2 N–H and O–H groups in total. The lowest BCUT2D eigenvalue weighted by Gasteiger charge is -2.32. The van der Waals surface area contributed by atoms with Crippen molar-refractivity contribution in [1.29, 1.82) is 0 Å². The topological polar surface area (TPSA) is 136 Å². The number of carbonyl (C=O) groups is 1. The van der Waals surface area contributed by atoms with E-state index >= 15 is 0 Å². The van der Waals surface area contributed by atoms with E-state index in [9.17, 15) is 19.5 Å². The van der Waals surface area contributed by atoms with Gasteiger partial charge in [-0.25, -0.2) is 0 Å². The van der Waals surface area contributed by atoms with Crippen LogP contribution in [0.1, 0.15) is 36.1 Å². The number of anilines is 1. The minimum absolute atomic E-state index is 0.105. The summed E-state index contributed by atoms with van der Waals surface area (Å²) in [5.74, 6) is -0.905. The van der Waals surface area contributed by atoms with Crippen LogP contribution in [-0.2, 0) is 21.7 Å². The Kier molecular flexibility index (Phi) is 8.43. The molecule has 1 fully saturated rings. The Balaban J connectivity index is 1.25. The molecule has 2 aliphatic heterocycles. The number of rotatable bonds is 10. The molecule has 49 heavy (non-hydrogen) atoms. The molecule has 5 atom stereocenters. The molecule has 2 aromatic heterocycles. The van der Waals surface area contributed by atoms with Gasteiger partial charge in [0.2, 0.25) is 0 Å². The van der Waals surface area contributed by atoms with Gasteiger partial charge < -0.3 is 19.5 Å². The molecule has 11 nitrogen and oxygen atoms in total. The molecule has 0 bridgehead atoms. The number of amides is 1. The molecule has 1 unspecified atom stereocenters. The van der Waals surface area contributed by atoms with E-state index in [2.05, 4.69) is 22.0 Å². The standard InChI is InChI=1S/C37H40N6O5Si/c1-5-18-42-32-16-15-27(43-35(45)28-14-10-9-13-26(28)21-38-43)20-30(32)37(36(42)46)24(2)34(49(3,4)47)33(48-37)17-19-41-22-31(39-40-41)29(23-44)25-11-7-6-8-12-25/h5-16,20-22,24,29,33-34,44,47H,1,17-19,23H2,2-4H3/t24-,29?,33+,34-,37+/m1/s1. The first-order valence-corrected chi connectivity index (χ1v) is 19.6. The number of carbonyl (C=O) groups excluding carboxylic acids is 1. The monoisotopic (exact) mass is 676 g/mol.